The molecule has 1 rings (SSSR count). The van der Waals surface area contributed by atoms with Gasteiger partial charge in [0.1, 0.15) is 6.29 Å². The van der Waals surface area contributed by atoms with Crippen LogP contribution in [-0.4, -0.2) is 6.29 Å². The summed E-state index contributed by atoms with van der Waals surface area (Å²) in [6.45, 7) is 6.20. The summed E-state index contributed by atoms with van der Waals surface area (Å²) in [7, 11) is 0. The highest BCUT2D eigenvalue weighted by Crippen LogP contribution is 2.43. The molecule has 1 nitrogen and oxygen atoms in total. The van der Waals surface area contributed by atoms with Gasteiger partial charge >= 0.3 is 0 Å². The first-order chi connectivity index (χ1) is 5.47. The SMILES string of the molecule is CC1=C(Cl)CC(C)(C)C(C=O)C1. The molecule has 0 spiro atoms. The molecule has 1 aliphatic carbocycles. The number of carbonyl (C=O) groups is 1. The van der Waals surface area contributed by atoms with E-state index < -0.39 is 0 Å². The third kappa shape index (κ3) is 1.71. The van der Waals surface area contributed by atoms with E-state index in [1.165, 1.54) is 5.57 Å². The first-order valence-corrected chi connectivity index (χ1v) is 4.64. The molecule has 0 heterocycles. The zero-order valence-corrected chi connectivity index (χ0v) is 8.61. The van der Waals surface area contributed by atoms with Gasteiger partial charge in [-0.2, -0.15) is 0 Å². The average molecular weight is 187 g/mol. The molecule has 1 aliphatic rings. The predicted octanol–water partition coefficient (Wildman–Crippen LogP) is 3.13. The largest absolute Gasteiger partial charge is 0.303 e. The fourth-order valence-corrected chi connectivity index (χ4v) is 2.05. The van der Waals surface area contributed by atoms with E-state index >= 15 is 0 Å². The first-order valence-electron chi connectivity index (χ1n) is 4.27. The minimum Gasteiger partial charge on any atom is -0.303 e. The van der Waals surface area contributed by atoms with Gasteiger partial charge in [-0.15, -0.1) is 0 Å². The summed E-state index contributed by atoms with van der Waals surface area (Å²) in [5, 5.41) is 0.943. The predicted molar refractivity (Wildman–Crippen MR) is 51.1 cm³/mol. The van der Waals surface area contributed by atoms with Crippen LogP contribution in [-0.2, 0) is 4.79 Å². The number of halogens is 1. The van der Waals surface area contributed by atoms with Crippen LogP contribution in [0, 0.1) is 11.3 Å². The lowest BCUT2D eigenvalue weighted by molar-refractivity contribution is -0.114. The molecule has 0 saturated carbocycles. The molecule has 0 saturated heterocycles. The van der Waals surface area contributed by atoms with Gasteiger partial charge in [0.05, 0.1) is 0 Å². The summed E-state index contributed by atoms with van der Waals surface area (Å²) < 4.78 is 0. The van der Waals surface area contributed by atoms with Gasteiger partial charge in [-0.05, 0) is 25.2 Å². The molecule has 1 unspecified atom stereocenters. The summed E-state index contributed by atoms with van der Waals surface area (Å²) in [5.74, 6) is 0.139. The van der Waals surface area contributed by atoms with E-state index in [1.807, 2.05) is 6.92 Å². The Morgan fingerprint density at radius 1 is 1.58 bits per heavy atom. The maximum absolute atomic E-state index is 10.8. The molecule has 0 aromatic rings. The highest BCUT2D eigenvalue weighted by atomic mass is 35.5. The van der Waals surface area contributed by atoms with Crippen LogP contribution in [0.2, 0.25) is 0 Å². The van der Waals surface area contributed by atoms with Crippen molar-refractivity contribution >= 4 is 17.9 Å². The summed E-state index contributed by atoms with van der Waals surface area (Å²) >= 11 is 6.04. The third-order valence-corrected chi connectivity index (χ3v) is 3.22. The van der Waals surface area contributed by atoms with E-state index in [0.717, 1.165) is 24.2 Å². The van der Waals surface area contributed by atoms with Crippen molar-refractivity contribution in [2.24, 2.45) is 11.3 Å². The molecule has 2 heteroatoms. The number of aldehydes is 1. The number of carbonyl (C=O) groups excluding carboxylic acids is 1. The minimum absolute atomic E-state index is 0.0400. The molecular formula is C10H15ClO. The maximum atomic E-state index is 10.8. The van der Waals surface area contributed by atoms with Crippen molar-refractivity contribution in [3.63, 3.8) is 0 Å². The van der Waals surface area contributed by atoms with Crippen LogP contribution in [0.1, 0.15) is 33.6 Å². The third-order valence-electron chi connectivity index (χ3n) is 2.77. The molecule has 12 heavy (non-hydrogen) atoms. The summed E-state index contributed by atoms with van der Waals surface area (Å²) in [4.78, 5) is 10.8. The Bertz CT molecular complexity index is 228. The van der Waals surface area contributed by atoms with Crippen molar-refractivity contribution in [2.45, 2.75) is 33.6 Å². The van der Waals surface area contributed by atoms with Gasteiger partial charge in [-0.25, -0.2) is 0 Å². The molecule has 0 N–H and O–H groups in total. The molecule has 0 fully saturated rings. The van der Waals surface area contributed by atoms with E-state index in [0.29, 0.717) is 0 Å². The molecule has 0 aromatic carbocycles. The van der Waals surface area contributed by atoms with Gasteiger partial charge < -0.3 is 4.79 Å². The van der Waals surface area contributed by atoms with Gasteiger partial charge in [0, 0.05) is 11.0 Å². The van der Waals surface area contributed by atoms with Crippen LogP contribution < -0.4 is 0 Å². The lowest BCUT2D eigenvalue weighted by Gasteiger charge is -2.35. The monoisotopic (exact) mass is 186 g/mol. The highest BCUT2D eigenvalue weighted by Gasteiger charge is 2.34. The number of allylic oxidation sites excluding steroid dienone is 2. The molecule has 0 bridgehead atoms. The van der Waals surface area contributed by atoms with Crippen molar-refractivity contribution in [3.8, 4) is 0 Å². The van der Waals surface area contributed by atoms with Crippen LogP contribution >= 0.6 is 11.6 Å². The lowest BCUT2D eigenvalue weighted by Crippen LogP contribution is -2.29. The second-order valence-corrected chi connectivity index (χ2v) is 4.75. The van der Waals surface area contributed by atoms with Crippen LogP contribution in [0.15, 0.2) is 10.6 Å². The smallest absolute Gasteiger partial charge is 0.123 e. The quantitative estimate of drug-likeness (QED) is 0.575. The van der Waals surface area contributed by atoms with Crippen LogP contribution in [0.25, 0.3) is 0 Å². The fraction of sp³-hybridized carbons (Fsp3) is 0.700. The van der Waals surface area contributed by atoms with Crippen molar-refractivity contribution in [1.82, 2.24) is 0 Å². The Morgan fingerprint density at radius 2 is 2.17 bits per heavy atom. The summed E-state index contributed by atoms with van der Waals surface area (Å²) in [6.07, 6.45) is 2.73. The van der Waals surface area contributed by atoms with Gasteiger partial charge in [-0.1, -0.05) is 31.0 Å². The Hall–Kier alpha value is -0.300. The number of rotatable bonds is 1. The number of hydrogen-bond acceptors (Lipinski definition) is 1. The number of hydrogen-bond donors (Lipinski definition) is 0. The Labute approximate surface area is 78.8 Å². The Balaban J connectivity index is 2.91. The molecule has 1 atom stereocenters. The minimum atomic E-state index is 0.0400. The van der Waals surface area contributed by atoms with E-state index in [-0.39, 0.29) is 11.3 Å². The van der Waals surface area contributed by atoms with Crippen LogP contribution in [0.3, 0.4) is 0 Å². The van der Waals surface area contributed by atoms with Crippen molar-refractivity contribution in [2.75, 3.05) is 0 Å². The van der Waals surface area contributed by atoms with Gasteiger partial charge in [0.2, 0.25) is 0 Å². The topological polar surface area (TPSA) is 17.1 Å². The molecular weight excluding hydrogens is 172 g/mol. The van der Waals surface area contributed by atoms with E-state index in [1.54, 1.807) is 0 Å². The first kappa shape index (κ1) is 9.79. The normalized spacial score (nSPS) is 28.8. The second kappa shape index (κ2) is 3.21. The zero-order valence-electron chi connectivity index (χ0n) is 7.86. The standard InChI is InChI=1S/C10H15ClO/c1-7-4-8(6-12)10(2,3)5-9(7)11/h6,8H,4-5H2,1-3H3. The maximum Gasteiger partial charge on any atom is 0.123 e. The van der Waals surface area contributed by atoms with Crippen LogP contribution in [0.4, 0.5) is 0 Å². The molecule has 0 amide bonds. The Morgan fingerprint density at radius 3 is 2.67 bits per heavy atom. The summed E-state index contributed by atoms with van der Waals surface area (Å²) in [6, 6.07) is 0. The molecule has 0 aromatic heterocycles. The van der Waals surface area contributed by atoms with Crippen molar-refractivity contribution in [3.05, 3.63) is 10.6 Å². The van der Waals surface area contributed by atoms with Gasteiger partial charge in [0.15, 0.2) is 0 Å². The lowest BCUT2D eigenvalue weighted by atomic mass is 9.70. The van der Waals surface area contributed by atoms with Gasteiger partial charge in [0.25, 0.3) is 0 Å². The highest BCUT2D eigenvalue weighted by molar-refractivity contribution is 6.30. The molecule has 68 valence electrons. The fourth-order valence-electron chi connectivity index (χ4n) is 1.63. The van der Waals surface area contributed by atoms with Crippen molar-refractivity contribution in [1.29, 1.82) is 0 Å². The molecule has 0 aliphatic heterocycles. The average Bonchev–Trinajstić information content (AvgIpc) is 1.96. The zero-order chi connectivity index (χ0) is 9.35. The van der Waals surface area contributed by atoms with Crippen molar-refractivity contribution < 1.29 is 4.79 Å². The van der Waals surface area contributed by atoms with E-state index in [9.17, 15) is 4.79 Å². The second-order valence-electron chi connectivity index (χ2n) is 4.30. The Kier molecular flexibility index (Phi) is 2.62. The van der Waals surface area contributed by atoms with E-state index in [2.05, 4.69) is 13.8 Å². The van der Waals surface area contributed by atoms with Gasteiger partial charge in [-0.3, -0.25) is 0 Å². The molecule has 0 radical (unpaired) electrons. The van der Waals surface area contributed by atoms with Crippen LogP contribution in [0.5, 0.6) is 0 Å². The van der Waals surface area contributed by atoms with E-state index in [4.69, 9.17) is 11.6 Å². The summed E-state index contributed by atoms with van der Waals surface area (Å²) in [5.41, 5.74) is 1.21.